The number of imidazole rings is 1. The van der Waals surface area contributed by atoms with Crippen molar-refractivity contribution in [1.29, 1.82) is 5.41 Å². The van der Waals surface area contributed by atoms with E-state index in [-0.39, 0.29) is 0 Å². The first-order valence-electron chi connectivity index (χ1n) is 3.33. The van der Waals surface area contributed by atoms with Gasteiger partial charge in [-0.3, -0.25) is 5.41 Å². The maximum atomic E-state index is 7.05. The molecule has 0 unspecified atom stereocenters. The van der Waals surface area contributed by atoms with Crippen LogP contribution in [0.2, 0.25) is 0 Å². The number of aromatic nitrogens is 2. The lowest BCUT2D eigenvalue weighted by molar-refractivity contribution is -0.642. The molecule has 12 heavy (non-hydrogen) atoms. The van der Waals surface area contributed by atoms with E-state index in [9.17, 15) is 0 Å². The second kappa shape index (κ2) is 2.48. The van der Waals surface area contributed by atoms with Gasteiger partial charge >= 0.3 is 4.96 Å². The van der Waals surface area contributed by atoms with Crippen LogP contribution in [0, 0.1) is 9.23 Å². The zero-order chi connectivity index (χ0) is 8.72. The average Bonchev–Trinajstić information content (AvgIpc) is 2.52. The minimum Gasteiger partial charge on any atom is -0.255 e. The van der Waals surface area contributed by atoms with Crippen LogP contribution in [0.1, 0.15) is 0 Å². The fourth-order valence-electron chi connectivity index (χ4n) is 1.10. The molecule has 60 valence electrons. The van der Waals surface area contributed by atoms with Gasteiger partial charge in [-0.1, -0.05) is 12.2 Å². The Kier molecular flexibility index (Phi) is 1.58. The number of fused-ring (bicyclic) bond motifs is 1. The fraction of sp³-hybridized carbons (Fsp3) is 0.143. The molecule has 2 rings (SSSR count). The lowest BCUT2D eigenvalue weighted by Gasteiger charge is -1.74. The van der Waals surface area contributed by atoms with Gasteiger partial charge in [0.2, 0.25) is 5.35 Å². The summed E-state index contributed by atoms with van der Waals surface area (Å²) in [6.45, 7) is 0. The van der Waals surface area contributed by atoms with E-state index in [2.05, 4.69) is 5.87 Å². The van der Waals surface area contributed by atoms with Crippen molar-refractivity contribution in [2.24, 2.45) is 7.05 Å². The van der Waals surface area contributed by atoms with Crippen LogP contribution in [0.4, 0.5) is 0 Å². The summed E-state index contributed by atoms with van der Waals surface area (Å²) in [5, 5.41) is 7.72. The van der Waals surface area contributed by atoms with Crippen LogP contribution < -0.4 is 9.92 Å². The zero-order valence-electron chi connectivity index (χ0n) is 6.37. The molecule has 0 amide bonds. The van der Waals surface area contributed by atoms with Crippen molar-refractivity contribution in [3.8, 4) is 0 Å². The maximum absolute atomic E-state index is 7.05. The summed E-state index contributed by atoms with van der Waals surface area (Å²) in [5.74, 6) is 2.34. The van der Waals surface area contributed by atoms with Crippen LogP contribution in [-0.2, 0) is 7.05 Å². The highest BCUT2D eigenvalue weighted by atomic mass is 32.1. The van der Waals surface area contributed by atoms with E-state index in [0.29, 0.717) is 5.35 Å². The summed E-state index contributed by atoms with van der Waals surface area (Å²) in [5.41, 5.74) is 0. The maximum Gasteiger partial charge on any atom is 0.347 e. The standard InChI is InChI=1S/C7H6N3S2/c1-9-2-3-10-5(4-8)6(11)12-7(9)10/h2-3,8H,1H3/q+1. The van der Waals surface area contributed by atoms with Crippen LogP contribution in [0.5, 0.6) is 0 Å². The molecule has 0 fully saturated rings. The molecule has 0 aliphatic heterocycles. The van der Waals surface area contributed by atoms with Gasteiger partial charge in [-0.05, 0) is 11.3 Å². The SMILES string of the molecule is C[n+]1ccn2c(=C=N)c(=S)sc21. The van der Waals surface area contributed by atoms with Gasteiger partial charge in [-0.15, -0.1) is 0 Å². The van der Waals surface area contributed by atoms with E-state index in [1.54, 1.807) is 0 Å². The summed E-state index contributed by atoms with van der Waals surface area (Å²) >= 11 is 6.56. The summed E-state index contributed by atoms with van der Waals surface area (Å²) < 4.78 is 4.57. The number of hydrogen-bond donors (Lipinski definition) is 1. The van der Waals surface area contributed by atoms with Crippen molar-refractivity contribution in [2.45, 2.75) is 0 Å². The Labute approximate surface area is 77.7 Å². The molecule has 0 saturated heterocycles. The normalized spacial score (nSPS) is 10.4. The van der Waals surface area contributed by atoms with Crippen molar-refractivity contribution in [2.75, 3.05) is 0 Å². The number of rotatable bonds is 0. The quantitative estimate of drug-likeness (QED) is 0.364. The topological polar surface area (TPSA) is 32.1 Å². The van der Waals surface area contributed by atoms with Gasteiger partial charge in [0.15, 0.2) is 3.82 Å². The van der Waals surface area contributed by atoms with E-state index in [0.717, 1.165) is 8.78 Å². The van der Waals surface area contributed by atoms with Gasteiger partial charge < -0.3 is 0 Å². The molecule has 2 aromatic rings. The predicted octanol–water partition coefficient (Wildman–Crippen LogP) is 0.194. The zero-order valence-corrected chi connectivity index (χ0v) is 8.00. The van der Waals surface area contributed by atoms with E-state index >= 15 is 0 Å². The Bertz CT molecular complexity index is 559. The highest BCUT2D eigenvalue weighted by molar-refractivity contribution is 7.73. The highest BCUT2D eigenvalue weighted by Crippen LogP contribution is 2.03. The Morgan fingerprint density at radius 1 is 1.75 bits per heavy atom. The lowest BCUT2D eigenvalue weighted by Crippen LogP contribution is -2.24. The van der Waals surface area contributed by atoms with Gasteiger partial charge in [0.25, 0.3) is 0 Å². The van der Waals surface area contributed by atoms with E-state index in [4.69, 9.17) is 17.6 Å². The van der Waals surface area contributed by atoms with E-state index < -0.39 is 0 Å². The van der Waals surface area contributed by atoms with Gasteiger partial charge in [-0.2, -0.15) is 4.40 Å². The second-order valence-electron chi connectivity index (χ2n) is 2.42. The number of thiazole rings is 1. The minimum atomic E-state index is 0.672. The first kappa shape index (κ1) is 7.61. The molecule has 0 bridgehead atoms. The van der Waals surface area contributed by atoms with Crippen LogP contribution in [0.15, 0.2) is 12.4 Å². The molecular formula is C7H6N3S2+. The number of nitrogens with zero attached hydrogens (tertiary/aromatic N) is 2. The van der Waals surface area contributed by atoms with Gasteiger partial charge in [0.1, 0.15) is 12.4 Å². The smallest absolute Gasteiger partial charge is 0.255 e. The Hall–Kier alpha value is -1.03. The molecule has 2 heterocycles. The third kappa shape index (κ3) is 0.845. The van der Waals surface area contributed by atoms with Crippen molar-refractivity contribution in [3.05, 3.63) is 21.6 Å². The summed E-state index contributed by atoms with van der Waals surface area (Å²) in [4.78, 5) is 1.04. The number of hydrogen-bond acceptors (Lipinski definition) is 3. The summed E-state index contributed by atoms with van der Waals surface area (Å²) in [6.07, 6.45) is 3.82. The van der Waals surface area contributed by atoms with Crippen LogP contribution in [0.3, 0.4) is 0 Å². The molecule has 0 spiro atoms. The Balaban J connectivity index is 3.23. The molecule has 0 radical (unpaired) electrons. The molecule has 0 saturated carbocycles. The van der Waals surface area contributed by atoms with Gasteiger partial charge in [0, 0.05) is 5.87 Å². The van der Waals surface area contributed by atoms with Crippen molar-refractivity contribution >= 4 is 34.4 Å². The first-order valence-corrected chi connectivity index (χ1v) is 4.55. The van der Waals surface area contributed by atoms with Crippen LogP contribution in [0.25, 0.3) is 4.96 Å². The monoisotopic (exact) mass is 196 g/mol. The molecule has 5 heteroatoms. The van der Waals surface area contributed by atoms with Crippen LogP contribution >= 0.6 is 23.6 Å². The summed E-state index contributed by atoms with van der Waals surface area (Å²) in [6, 6.07) is 0. The molecule has 1 N–H and O–H groups in total. The van der Waals surface area contributed by atoms with Crippen LogP contribution in [-0.4, -0.2) is 10.3 Å². The van der Waals surface area contributed by atoms with E-state index in [1.165, 1.54) is 11.3 Å². The highest BCUT2D eigenvalue weighted by Gasteiger charge is 2.11. The van der Waals surface area contributed by atoms with Crippen molar-refractivity contribution in [3.63, 3.8) is 0 Å². The largest absolute Gasteiger partial charge is 0.347 e. The third-order valence-electron chi connectivity index (χ3n) is 1.68. The molecule has 0 aliphatic rings. The third-order valence-corrected chi connectivity index (χ3v) is 3.17. The van der Waals surface area contributed by atoms with Gasteiger partial charge in [0.05, 0.1) is 7.05 Å². The summed E-state index contributed by atoms with van der Waals surface area (Å²) in [7, 11) is 1.95. The lowest BCUT2D eigenvalue weighted by atomic mass is 10.7. The molecule has 0 atom stereocenters. The Morgan fingerprint density at radius 2 is 2.50 bits per heavy atom. The number of aryl methyl sites for hydroxylation is 1. The molecule has 2 aromatic heterocycles. The molecule has 3 nitrogen and oxygen atoms in total. The molecule has 0 aliphatic carbocycles. The predicted molar refractivity (Wildman–Crippen MR) is 49.3 cm³/mol. The molecule has 0 aromatic carbocycles. The number of nitrogens with one attached hydrogen (secondary N) is 1. The van der Waals surface area contributed by atoms with Gasteiger partial charge in [-0.25, -0.2) is 4.57 Å². The average molecular weight is 196 g/mol. The first-order chi connectivity index (χ1) is 5.74. The second-order valence-corrected chi connectivity index (χ2v) is 4.07. The fourth-order valence-corrected chi connectivity index (χ4v) is 2.34. The Morgan fingerprint density at radius 3 is 3.17 bits per heavy atom. The van der Waals surface area contributed by atoms with Crippen molar-refractivity contribution < 1.29 is 4.57 Å². The molecular weight excluding hydrogens is 190 g/mol. The minimum absolute atomic E-state index is 0.672. The van der Waals surface area contributed by atoms with E-state index in [1.807, 2.05) is 28.4 Å². The van der Waals surface area contributed by atoms with Crippen molar-refractivity contribution in [1.82, 2.24) is 4.40 Å².